The molecule has 1 aliphatic rings. The first-order valence-corrected chi connectivity index (χ1v) is 8.72. The van der Waals surface area contributed by atoms with Crippen molar-refractivity contribution < 1.29 is 9.59 Å². The second-order valence-electron chi connectivity index (χ2n) is 6.88. The van der Waals surface area contributed by atoms with Crippen LogP contribution in [0.25, 0.3) is 0 Å². The van der Waals surface area contributed by atoms with Crippen LogP contribution in [0.4, 0.5) is 0 Å². The van der Waals surface area contributed by atoms with Gasteiger partial charge in [0.1, 0.15) is 0 Å². The van der Waals surface area contributed by atoms with Crippen LogP contribution in [0.5, 0.6) is 0 Å². The Morgan fingerprint density at radius 2 is 1.88 bits per heavy atom. The van der Waals surface area contributed by atoms with Crippen LogP contribution in [-0.2, 0) is 4.79 Å². The molecule has 5 heteroatoms. The Labute approximate surface area is 148 Å². The number of aryl methyl sites for hydroxylation is 1. The van der Waals surface area contributed by atoms with Crippen molar-refractivity contribution in [2.45, 2.75) is 33.2 Å². The van der Waals surface area contributed by atoms with Crippen molar-refractivity contribution in [3.8, 4) is 0 Å². The topological polar surface area (TPSA) is 68.3 Å². The van der Waals surface area contributed by atoms with Crippen LogP contribution in [0, 0.1) is 19.8 Å². The Morgan fingerprint density at radius 1 is 1.20 bits per heavy atom. The van der Waals surface area contributed by atoms with Gasteiger partial charge in [-0.05, 0) is 38.8 Å². The summed E-state index contributed by atoms with van der Waals surface area (Å²) in [6.07, 6.45) is 0.653. The molecule has 2 heterocycles. The van der Waals surface area contributed by atoms with Gasteiger partial charge in [0.2, 0.25) is 5.91 Å². The van der Waals surface area contributed by atoms with E-state index in [0.717, 1.165) is 11.4 Å². The van der Waals surface area contributed by atoms with Gasteiger partial charge in [0.25, 0.3) is 5.91 Å². The van der Waals surface area contributed by atoms with Crippen LogP contribution < -0.4 is 5.73 Å². The number of hydrogen-bond acceptors (Lipinski definition) is 2. The van der Waals surface area contributed by atoms with Crippen molar-refractivity contribution in [3.63, 3.8) is 0 Å². The molecule has 1 fully saturated rings. The summed E-state index contributed by atoms with van der Waals surface area (Å²) < 4.78 is 2.20. The van der Waals surface area contributed by atoms with Gasteiger partial charge in [-0.1, -0.05) is 30.3 Å². The predicted octanol–water partition coefficient (Wildman–Crippen LogP) is 2.66. The normalized spacial score (nSPS) is 18.4. The number of aromatic nitrogens is 1. The quantitative estimate of drug-likeness (QED) is 0.930. The molecular formula is C20H25N3O2. The zero-order valence-electron chi connectivity index (χ0n) is 15.0. The molecule has 0 aliphatic carbocycles. The SMILES string of the molecule is Cc1cc(C(=O)N2CCC(C(N)=O)C2)c(C)n1C(C)c1ccccc1. The largest absolute Gasteiger partial charge is 0.369 e. The molecule has 1 aromatic carbocycles. The number of hydrogen-bond donors (Lipinski definition) is 1. The Bertz CT molecular complexity index is 795. The smallest absolute Gasteiger partial charge is 0.255 e. The fraction of sp³-hybridized carbons (Fsp3) is 0.400. The molecular weight excluding hydrogens is 314 g/mol. The van der Waals surface area contributed by atoms with E-state index in [1.54, 1.807) is 4.90 Å². The third-order valence-electron chi connectivity index (χ3n) is 5.26. The monoisotopic (exact) mass is 339 g/mol. The summed E-state index contributed by atoms with van der Waals surface area (Å²) in [5.74, 6) is -0.558. The Morgan fingerprint density at radius 3 is 2.48 bits per heavy atom. The number of nitrogens with two attached hydrogens (primary N) is 1. The fourth-order valence-corrected chi connectivity index (χ4v) is 3.82. The van der Waals surface area contributed by atoms with Gasteiger partial charge in [-0.3, -0.25) is 9.59 Å². The van der Waals surface area contributed by atoms with Gasteiger partial charge in [0.05, 0.1) is 17.5 Å². The van der Waals surface area contributed by atoms with Crippen LogP contribution in [0.3, 0.4) is 0 Å². The van der Waals surface area contributed by atoms with Crippen LogP contribution in [0.15, 0.2) is 36.4 Å². The number of amides is 2. The van der Waals surface area contributed by atoms with Crippen molar-refractivity contribution >= 4 is 11.8 Å². The highest BCUT2D eigenvalue weighted by atomic mass is 16.2. The third kappa shape index (κ3) is 3.18. The second-order valence-corrected chi connectivity index (χ2v) is 6.88. The number of nitrogens with zero attached hydrogens (tertiary/aromatic N) is 2. The van der Waals surface area contributed by atoms with E-state index in [4.69, 9.17) is 5.73 Å². The van der Waals surface area contributed by atoms with Gasteiger partial charge in [-0.2, -0.15) is 0 Å². The van der Waals surface area contributed by atoms with Crippen LogP contribution in [0.2, 0.25) is 0 Å². The van der Waals surface area contributed by atoms with Crippen LogP contribution >= 0.6 is 0 Å². The molecule has 0 spiro atoms. The molecule has 0 radical (unpaired) electrons. The van der Waals surface area contributed by atoms with E-state index in [0.29, 0.717) is 25.1 Å². The van der Waals surface area contributed by atoms with Gasteiger partial charge >= 0.3 is 0 Å². The molecule has 2 N–H and O–H groups in total. The third-order valence-corrected chi connectivity index (χ3v) is 5.26. The summed E-state index contributed by atoms with van der Waals surface area (Å²) in [6.45, 7) is 7.17. The van der Waals surface area contributed by atoms with Crippen LogP contribution in [0.1, 0.15) is 46.7 Å². The molecule has 2 aromatic rings. The standard InChI is InChI=1S/C20H25N3O2/c1-13-11-18(20(25)22-10-9-17(12-22)19(21)24)15(3)23(13)14(2)16-7-5-4-6-8-16/h4-8,11,14,17H,9-10,12H2,1-3H3,(H2,21,24). The van der Waals surface area contributed by atoms with E-state index in [1.165, 1.54) is 5.56 Å². The predicted molar refractivity (Wildman–Crippen MR) is 97.4 cm³/mol. The highest BCUT2D eigenvalue weighted by Crippen LogP contribution is 2.27. The first kappa shape index (κ1) is 17.3. The van der Waals surface area contributed by atoms with Gasteiger partial charge < -0.3 is 15.2 Å². The molecule has 1 aliphatic heterocycles. The highest BCUT2D eigenvalue weighted by molar-refractivity contribution is 5.96. The maximum Gasteiger partial charge on any atom is 0.255 e. The minimum absolute atomic E-state index is 0.0108. The number of primary amides is 1. The molecule has 1 saturated heterocycles. The van der Waals surface area contributed by atoms with E-state index in [-0.39, 0.29) is 23.8 Å². The van der Waals surface area contributed by atoms with Gasteiger partial charge in [-0.25, -0.2) is 0 Å². The van der Waals surface area contributed by atoms with E-state index < -0.39 is 0 Å². The number of benzene rings is 1. The highest BCUT2D eigenvalue weighted by Gasteiger charge is 2.32. The lowest BCUT2D eigenvalue weighted by Crippen LogP contribution is -2.32. The summed E-state index contributed by atoms with van der Waals surface area (Å²) in [7, 11) is 0. The first-order chi connectivity index (χ1) is 11.9. The number of carbonyl (C=O) groups excluding carboxylic acids is 2. The molecule has 2 amide bonds. The van der Waals surface area contributed by atoms with Gasteiger partial charge in [0.15, 0.2) is 0 Å². The summed E-state index contributed by atoms with van der Waals surface area (Å²) >= 11 is 0. The number of rotatable bonds is 4. The zero-order valence-corrected chi connectivity index (χ0v) is 15.0. The fourth-order valence-electron chi connectivity index (χ4n) is 3.82. The van der Waals surface area contributed by atoms with Crippen molar-refractivity contribution in [1.82, 2.24) is 9.47 Å². The Hall–Kier alpha value is -2.56. The molecule has 0 bridgehead atoms. The zero-order chi connectivity index (χ0) is 18.1. The van der Waals surface area contributed by atoms with Crippen molar-refractivity contribution in [3.05, 3.63) is 58.9 Å². The van der Waals surface area contributed by atoms with Gasteiger partial charge in [-0.15, -0.1) is 0 Å². The second kappa shape index (κ2) is 6.75. The molecule has 5 nitrogen and oxygen atoms in total. The van der Waals surface area contributed by atoms with E-state index in [2.05, 4.69) is 23.6 Å². The lowest BCUT2D eigenvalue weighted by Gasteiger charge is -2.20. The Balaban J connectivity index is 1.87. The molecule has 3 rings (SSSR count). The summed E-state index contributed by atoms with van der Waals surface area (Å²) in [4.78, 5) is 26.0. The minimum atomic E-state index is -0.321. The molecule has 1 aromatic heterocycles. The van der Waals surface area contributed by atoms with Crippen LogP contribution in [-0.4, -0.2) is 34.4 Å². The van der Waals surface area contributed by atoms with Crippen molar-refractivity contribution in [2.75, 3.05) is 13.1 Å². The number of carbonyl (C=O) groups is 2. The lowest BCUT2D eigenvalue weighted by atomic mass is 10.1. The molecule has 2 unspecified atom stereocenters. The van der Waals surface area contributed by atoms with E-state index in [1.807, 2.05) is 38.1 Å². The summed E-state index contributed by atoms with van der Waals surface area (Å²) in [5.41, 5.74) is 9.32. The van der Waals surface area contributed by atoms with Crippen molar-refractivity contribution in [1.29, 1.82) is 0 Å². The minimum Gasteiger partial charge on any atom is -0.369 e. The summed E-state index contributed by atoms with van der Waals surface area (Å²) in [5, 5.41) is 0. The van der Waals surface area contributed by atoms with Crippen molar-refractivity contribution in [2.24, 2.45) is 11.7 Å². The maximum atomic E-state index is 12.9. The molecule has 132 valence electrons. The van der Waals surface area contributed by atoms with Gasteiger partial charge in [0, 0.05) is 24.5 Å². The average molecular weight is 339 g/mol. The summed E-state index contributed by atoms with van der Waals surface area (Å²) in [6, 6.07) is 12.4. The number of likely N-dealkylation sites (tertiary alicyclic amines) is 1. The lowest BCUT2D eigenvalue weighted by molar-refractivity contribution is -0.121. The molecule has 25 heavy (non-hydrogen) atoms. The first-order valence-electron chi connectivity index (χ1n) is 8.72. The Kier molecular flexibility index (Phi) is 4.66. The molecule has 0 saturated carbocycles. The molecule has 2 atom stereocenters. The average Bonchev–Trinajstić information content (AvgIpc) is 3.20. The maximum absolute atomic E-state index is 12.9. The van der Waals surface area contributed by atoms with E-state index in [9.17, 15) is 9.59 Å². The van der Waals surface area contributed by atoms with E-state index >= 15 is 0 Å².